The lowest BCUT2D eigenvalue weighted by Gasteiger charge is -2.06. The maximum atomic E-state index is 13.3. The maximum absolute atomic E-state index is 13.3. The van der Waals surface area contributed by atoms with Crippen LogP contribution < -0.4 is 5.73 Å². The summed E-state index contributed by atoms with van der Waals surface area (Å²) in [7, 11) is 0. The molecule has 0 fully saturated rings. The Hall–Kier alpha value is -1.68. The lowest BCUT2D eigenvalue weighted by atomic mass is 10.0. The summed E-state index contributed by atoms with van der Waals surface area (Å²) in [4.78, 5) is 0. The summed E-state index contributed by atoms with van der Waals surface area (Å²) in [5.74, 6) is -1.51. The molecule has 0 saturated carbocycles. The average molecular weight is 209 g/mol. The van der Waals surface area contributed by atoms with Crippen LogP contribution in [0.15, 0.2) is 24.3 Å². The second kappa shape index (κ2) is 3.47. The fourth-order valence-electron chi connectivity index (χ4n) is 1.56. The molecule has 2 aromatic rings. The molecule has 0 aliphatic heterocycles. The monoisotopic (exact) mass is 209 g/mol. The SMILES string of the molecule is NCc1cc(O)c2c(F)ccc(F)c2c1. The zero-order valence-corrected chi connectivity index (χ0v) is 7.80. The number of phenolic OH excluding ortho intramolecular Hbond substituents is 1. The van der Waals surface area contributed by atoms with E-state index in [1.807, 2.05) is 0 Å². The van der Waals surface area contributed by atoms with Gasteiger partial charge in [0, 0.05) is 11.9 Å². The van der Waals surface area contributed by atoms with Gasteiger partial charge in [-0.2, -0.15) is 0 Å². The van der Waals surface area contributed by atoms with Crippen molar-refractivity contribution < 1.29 is 13.9 Å². The van der Waals surface area contributed by atoms with Crippen molar-refractivity contribution in [3.8, 4) is 5.75 Å². The molecule has 0 amide bonds. The fourth-order valence-corrected chi connectivity index (χ4v) is 1.56. The van der Waals surface area contributed by atoms with E-state index in [-0.39, 0.29) is 23.1 Å². The number of halogens is 2. The minimum absolute atomic E-state index is 0.0513. The van der Waals surface area contributed by atoms with Crippen LogP contribution in [0.3, 0.4) is 0 Å². The quantitative estimate of drug-likeness (QED) is 0.756. The predicted molar refractivity (Wildman–Crippen MR) is 53.4 cm³/mol. The number of hydrogen-bond donors (Lipinski definition) is 2. The normalized spacial score (nSPS) is 10.9. The van der Waals surface area contributed by atoms with Gasteiger partial charge in [-0.25, -0.2) is 8.78 Å². The van der Waals surface area contributed by atoms with Crippen LogP contribution in [0, 0.1) is 11.6 Å². The van der Waals surface area contributed by atoms with Crippen LogP contribution in [0.2, 0.25) is 0 Å². The van der Waals surface area contributed by atoms with E-state index in [0.29, 0.717) is 5.56 Å². The minimum atomic E-state index is -0.646. The minimum Gasteiger partial charge on any atom is -0.507 e. The molecule has 0 saturated heterocycles. The average Bonchev–Trinajstić information content (AvgIpc) is 2.23. The first-order valence-electron chi connectivity index (χ1n) is 4.43. The van der Waals surface area contributed by atoms with Gasteiger partial charge in [-0.05, 0) is 29.8 Å². The second-order valence-corrected chi connectivity index (χ2v) is 3.27. The number of hydrogen-bond acceptors (Lipinski definition) is 2. The molecule has 0 aromatic heterocycles. The van der Waals surface area contributed by atoms with Crippen LogP contribution in [0.4, 0.5) is 8.78 Å². The summed E-state index contributed by atoms with van der Waals surface area (Å²) in [5, 5.41) is 9.47. The zero-order chi connectivity index (χ0) is 11.0. The lowest BCUT2D eigenvalue weighted by molar-refractivity contribution is 0.477. The van der Waals surface area contributed by atoms with Gasteiger partial charge in [-0.1, -0.05) is 0 Å². The molecule has 0 atom stereocenters. The topological polar surface area (TPSA) is 46.2 Å². The van der Waals surface area contributed by atoms with E-state index < -0.39 is 11.6 Å². The van der Waals surface area contributed by atoms with E-state index in [9.17, 15) is 13.9 Å². The third-order valence-electron chi connectivity index (χ3n) is 2.29. The highest BCUT2D eigenvalue weighted by molar-refractivity contribution is 5.89. The third kappa shape index (κ3) is 1.53. The van der Waals surface area contributed by atoms with Crippen LogP contribution in [0.25, 0.3) is 10.8 Å². The Kier molecular flexibility index (Phi) is 2.28. The highest BCUT2D eigenvalue weighted by atomic mass is 19.1. The van der Waals surface area contributed by atoms with Gasteiger partial charge in [0.2, 0.25) is 0 Å². The Labute approximate surface area is 84.9 Å². The van der Waals surface area contributed by atoms with Gasteiger partial charge in [0.1, 0.15) is 17.4 Å². The number of rotatable bonds is 1. The van der Waals surface area contributed by atoms with Crippen LogP contribution in [-0.4, -0.2) is 5.11 Å². The van der Waals surface area contributed by atoms with E-state index >= 15 is 0 Å². The zero-order valence-electron chi connectivity index (χ0n) is 7.80. The van der Waals surface area contributed by atoms with Crippen molar-refractivity contribution in [1.82, 2.24) is 0 Å². The van der Waals surface area contributed by atoms with Gasteiger partial charge in [0.15, 0.2) is 0 Å². The largest absolute Gasteiger partial charge is 0.507 e. The number of nitrogens with two attached hydrogens (primary N) is 1. The van der Waals surface area contributed by atoms with Crippen LogP contribution >= 0.6 is 0 Å². The number of aromatic hydroxyl groups is 1. The van der Waals surface area contributed by atoms with Gasteiger partial charge in [-0.3, -0.25) is 0 Å². The highest BCUT2D eigenvalue weighted by Gasteiger charge is 2.11. The van der Waals surface area contributed by atoms with Gasteiger partial charge < -0.3 is 10.8 Å². The summed E-state index contributed by atoms with van der Waals surface area (Å²) in [6.45, 7) is 0.166. The summed E-state index contributed by atoms with van der Waals surface area (Å²) in [6, 6.07) is 4.79. The van der Waals surface area contributed by atoms with E-state index in [1.54, 1.807) is 0 Å². The summed E-state index contributed by atoms with van der Waals surface area (Å²) < 4.78 is 26.6. The molecule has 0 spiro atoms. The fraction of sp³-hybridized carbons (Fsp3) is 0.0909. The molecular formula is C11H9F2NO. The smallest absolute Gasteiger partial charge is 0.134 e. The van der Waals surface area contributed by atoms with Gasteiger partial charge >= 0.3 is 0 Å². The molecule has 2 rings (SSSR count). The van der Waals surface area contributed by atoms with Crippen LogP contribution in [-0.2, 0) is 6.54 Å². The van der Waals surface area contributed by atoms with Gasteiger partial charge in [0.25, 0.3) is 0 Å². The Morgan fingerprint density at radius 2 is 1.80 bits per heavy atom. The molecule has 2 aromatic carbocycles. The number of benzene rings is 2. The summed E-state index contributed by atoms with van der Waals surface area (Å²) in [6.07, 6.45) is 0. The first-order chi connectivity index (χ1) is 7.13. The van der Waals surface area contributed by atoms with E-state index in [2.05, 4.69) is 0 Å². The second-order valence-electron chi connectivity index (χ2n) is 3.27. The number of fused-ring (bicyclic) bond motifs is 1. The van der Waals surface area contributed by atoms with Gasteiger partial charge in [0.05, 0.1) is 5.39 Å². The van der Waals surface area contributed by atoms with Crippen molar-refractivity contribution in [1.29, 1.82) is 0 Å². The van der Waals surface area contributed by atoms with Crippen molar-refractivity contribution in [3.63, 3.8) is 0 Å². The van der Waals surface area contributed by atoms with Crippen LogP contribution in [0.5, 0.6) is 5.75 Å². The third-order valence-corrected chi connectivity index (χ3v) is 2.29. The first-order valence-corrected chi connectivity index (χ1v) is 4.43. The van der Waals surface area contributed by atoms with Crippen molar-refractivity contribution in [2.24, 2.45) is 5.73 Å². The molecule has 0 aliphatic carbocycles. The molecule has 0 heterocycles. The summed E-state index contributed by atoms with van der Waals surface area (Å²) in [5.41, 5.74) is 5.93. The van der Waals surface area contributed by atoms with E-state index in [0.717, 1.165) is 12.1 Å². The van der Waals surface area contributed by atoms with E-state index in [4.69, 9.17) is 5.73 Å². The molecule has 0 radical (unpaired) electrons. The van der Waals surface area contributed by atoms with Gasteiger partial charge in [-0.15, -0.1) is 0 Å². The molecule has 2 nitrogen and oxygen atoms in total. The Morgan fingerprint density at radius 3 is 2.47 bits per heavy atom. The van der Waals surface area contributed by atoms with Crippen molar-refractivity contribution in [2.75, 3.05) is 0 Å². The molecule has 78 valence electrons. The molecule has 3 N–H and O–H groups in total. The molecule has 0 unspecified atom stereocenters. The lowest BCUT2D eigenvalue weighted by Crippen LogP contribution is -1.97. The van der Waals surface area contributed by atoms with Crippen molar-refractivity contribution in [3.05, 3.63) is 41.5 Å². The Balaban J connectivity index is 2.90. The summed E-state index contributed by atoms with van der Waals surface area (Å²) >= 11 is 0. The first kappa shape index (κ1) is 9.86. The Morgan fingerprint density at radius 1 is 1.13 bits per heavy atom. The van der Waals surface area contributed by atoms with Crippen molar-refractivity contribution >= 4 is 10.8 Å². The molecule has 4 heteroatoms. The Bertz CT molecular complexity index is 525. The predicted octanol–water partition coefficient (Wildman–Crippen LogP) is 2.28. The van der Waals surface area contributed by atoms with Crippen LogP contribution in [0.1, 0.15) is 5.56 Å². The highest BCUT2D eigenvalue weighted by Crippen LogP contribution is 2.30. The molecular weight excluding hydrogens is 200 g/mol. The number of phenols is 1. The molecule has 0 bridgehead atoms. The van der Waals surface area contributed by atoms with E-state index in [1.165, 1.54) is 12.1 Å². The van der Waals surface area contributed by atoms with Crippen molar-refractivity contribution in [2.45, 2.75) is 6.54 Å². The molecule has 0 aliphatic rings. The standard InChI is InChI=1S/C11H9F2NO/c12-8-1-2-9(13)11-7(8)3-6(5-14)4-10(11)15/h1-4,15H,5,14H2. The maximum Gasteiger partial charge on any atom is 0.134 e. The molecule has 15 heavy (non-hydrogen) atoms.